The number of ether oxygens (including phenoxy) is 1. The molecule has 0 fully saturated rings. The molecule has 7 heteroatoms. The van der Waals surface area contributed by atoms with Crippen molar-refractivity contribution in [3.63, 3.8) is 0 Å². The van der Waals surface area contributed by atoms with Crippen LogP contribution in [0.25, 0.3) is 22.0 Å². The third-order valence-electron chi connectivity index (χ3n) is 6.57. The van der Waals surface area contributed by atoms with Crippen molar-refractivity contribution >= 4 is 34.1 Å². The van der Waals surface area contributed by atoms with Crippen molar-refractivity contribution in [3.8, 4) is 16.9 Å². The van der Waals surface area contributed by atoms with Gasteiger partial charge < -0.3 is 10.1 Å². The van der Waals surface area contributed by atoms with E-state index in [0.717, 1.165) is 34.7 Å². The van der Waals surface area contributed by atoms with Crippen LogP contribution in [-0.4, -0.2) is 22.6 Å². The van der Waals surface area contributed by atoms with E-state index in [-0.39, 0.29) is 11.5 Å². The normalized spacial score (nSPS) is 10.9. The lowest BCUT2D eigenvalue weighted by Gasteiger charge is -2.14. The SMILES string of the molecule is CCCc1nc2ccc(NC(=O)c3ccc(Cl)cc3)cc2c(=O)n1Cc1ccc(-c2cccc(OC)c2)cc1. The van der Waals surface area contributed by atoms with Crippen LogP contribution in [0, 0.1) is 0 Å². The predicted molar refractivity (Wildman–Crippen MR) is 157 cm³/mol. The number of amides is 1. The number of aryl methyl sites for hydroxylation is 1. The van der Waals surface area contributed by atoms with Gasteiger partial charge in [-0.05, 0) is 77.7 Å². The number of fused-ring (bicyclic) bond motifs is 1. The fourth-order valence-corrected chi connectivity index (χ4v) is 4.64. The number of aromatic nitrogens is 2. The van der Waals surface area contributed by atoms with Crippen LogP contribution in [-0.2, 0) is 13.0 Å². The first-order valence-corrected chi connectivity index (χ1v) is 13.2. The van der Waals surface area contributed by atoms with Crippen LogP contribution in [0.3, 0.4) is 0 Å². The van der Waals surface area contributed by atoms with E-state index in [1.54, 1.807) is 54.1 Å². The summed E-state index contributed by atoms with van der Waals surface area (Å²) in [4.78, 5) is 31.2. The smallest absolute Gasteiger partial charge is 0.261 e. The third-order valence-corrected chi connectivity index (χ3v) is 6.82. The monoisotopic (exact) mass is 537 g/mol. The van der Waals surface area contributed by atoms with Crippen molar-refractivity contribution in [1.82, 2.24) is 9.55 Å². The second kappa shape index (κ2) is 11.5. The molecular formula is C32H28ClN3O3. The largest absolute Gasteiger partial charge is 0.497 e. The van der Waals surface area contributed by atoms with Crippen LogP contribution in [0.2, 0.25) is 5.02 Å². The Bertz CT molecular complexity index is 1690. The van der Waals surface area contributed by atoms with Gasteiger partial charge in [0.1, 0.15) is 11.6 Å². The van der Waals surface area contributed by atoms with E-state index in [1.807, 2.05) is 48.5 Å². The molecule has 1 aromatic heterocycles. The average Bonchev–Trinajstić information content (AvgIpc) is 2.96. The summed E-state index contributed by atoms with van der Waals surface area (Å²) in [5.41, 5.74) is 4.60. The van der Waals surface area contributed by atoms with E-state index < -0.39 is 0 Å². The van der Waals surface area contributed by atoms with Gasteiger partial charge in [-0.2, -0.15) is 0 Å². The minimum absolute atomic E-state index is 0.136. The van der Waals surface area contributed by atoms with Crippen LogP contribution >= 0.6 is 11.6 Å². The van der Waals surface area contributed by atoms with E-state index >= 15 is 0 Å². The number of carbonyl (C=O) groups excluding carboxylic acids is 1. The van der Waals surface area contributed by atoms with Crippen LogP contribution in [0.15, 0.2) is 95.8 Å². The summed E-state index contributed by atoms with van der Waals surface area (Å²) in [5, 5.41) is 3.88. The molecule has 4 aromatic carbocycles. The second-order valence-electron chi connectivity index (χ2n) is 9.29. The molecule has 1 N–H and O–H groups in total. The summed E-state index contributed by atoms with van der Waals surface area (Å²) in [6.45, 7) is 2.47. The molecule has 0 saturated carbocycles. The number of anilines is 1. The zero-order chi connectivity index (χ0) is 27.4. The molecule has 0 aliphatic rings. The van der Waals surface area contributed by atoms with Crippen molar-refractivity contribution in [1.29, 1.82) is 0 Å². The van der Waals surface area contributed by atoms with Gasteiger partial charge in [0.25, 0.3) is 11.5 Å². The van der Waals surface area contributed by atoms with Gasteiger partial charge in [-0.25, -0.2) is 4.98 Å². The summed E-state index contributed by atoms with van der Waals surface area (Å²) >= 11 is 5.93. The van der Waals surface area contributed by atoms with Gasteiger partial charge in [-0.15, -0.1) is 0 Å². The molecule has 39 heavy (non-hydrogen) atoms. The highest BCUT2D eigenvalue weighted by molar-refractivity contribution is 6.30. The Morgan fingerprint density at radius 3 is 2.44 bits per heavy atom. The summed E-state index contributed by atoms with van der Waals surface area (Å²) < 4.78 is 7.08. The molecule has 0 aliphatic carbocycles. The molecule has 0 aliphatic heterocycles. The van der Waals surface area contributed by atoms with Gasteiger partial charge in [0.05, 0.1) is 24.6 Å². The molecule has 0 radical (unpaired) electrons. The lowest BCUT2D eigenvalue weighted by molar-refractivity contribution is 0.102. The van der Waals surface area contributed by atoms with E-state index in [9.17, 15) is 9.59 Å². The second-order valence-corrected chi connectivity index (χ2v) is 9.73. The van der Waals surface area contributed by atoms with Gasteiger partial charge in [-0.1, -0.05) is 54.9 Å². The molecule has 5 aromatic rings. The van der Waals surface area contributed by atoms with Gasteiger partial charge in [0.15, 0.2) is 0 Å². The molecule has 1 amide bonds. The maximum atomic E-state index is 13.7. The number of hydrogen-bond acceptors (Lipinski definition) is 4. The molecule has 0 saturated heterocycles. The first-order valence-electron chi connectivity index (χ1n) is 12.8. The minimum atomic E-state index is -0.280. The van der Waals surface area contributed by atoms with Crippen LogP contribution in [0.4, 0.5) is 5.69 Å². The highest BCUT2D eigenvalue weighted by Gasteiger charge is 2.14. The van der Waals surface area contributed by atoms with Gasteiger partial charge >= 0.3 is 0 Å². The van der Waals surface area contributed by atoms with Crippen molar-refractivity contribution in [2.75, 3.05) is 12.4 Å². The first kappa shape index (κ1) is 26.2. The zero-order valence-electron chi connectivity index (χ0n) is 21.8. The third kappa shape index (κ3) is 5.86. The van der Waals surface area contributed by atoms with Crippen molar-refractivity contribution < 1.29 is 9.53 Å². The maximum Gasteiger partial charge on any atom is 0.261 e. The van der Waals surface area contributed by atoms with E-state index in [2.05, 4.69) is 12.2 Å². The van der Waals surface area contributed by atoms with E-state index in [1.165, 1.54) is 0 Å². The fourth-order valence-electron chi connectivity index (χ4n) is 4.51. The molecule has 196 valence electrons. The number of halogens is 1. The Morgan fingerprint density at radius 1 is 0.949 bits per heavy atom. The number of benzene rings is 4. The Labute approximate surface area is 231 Å². The number of methoxy groups -OCH3 is 1. The van der Waals surface area contributed by atoms with Crippen LogP contribution < -0.4 is 15.6 Å². The Hall–Kier alpha value is -4.42. The van der Waals surface area contributed by atoms with Gasteiger partial charge in [0, 0.05) is 22.7 Å². The Balaban J connectivity index is 1.45. The number of hydrogen-bond donors (Lipinski definition) is 1. The standard InChI is InChI=1S/C32H28ClN3O3/c1-3-5-30-35-29-17-16-26(34-31(37)23-12-14-25(33)15-13-23)19-28(29)32(38)36(30)20-21-8-10-22(11-9-21)24-6-4-7-27(18-24)39-2/h4,6-19H,3,5,20H2,1-2H3,(H,34,37). The minimum Gasteiger partial charge on any atom is -0.497 e. The van der Waals surface area contributed by atoms with Gasteiger partial charge in [-0.3, -0.25) is 14.2 Å². The fraction of sp³-hybridized carbons (Fsp3) is 0.156. The summed E-state index contributed by atoms with van der Waals surface area (Å²) in [7, 11) is 1.65. The quantitative estimate of drug-likeness (QED) is 0.232. The lowest BCUT2D eigenvalue weighted by Crippen LogP contribution is -2.26. The average molecular weight is 538 g/mol. The highest BCUT2D eigenvalue weighted by atomic mass is 35.5. The molecule has 0 unspecified atom stereocenters. The number of nitrogens with one attached hydrogen (secondary N) is 1. The van der Waals surface area contributed by atoms with Crippen molar-refractivity contribution in [2.24, 2.45) is 0 Å². The van der Waals surface area contributed by atoms with Crippen molar-refractivity contribution in [2.45, 2.75) is 26.3 Å². The van der Waals surface area contributed by atoms with Crippen LogP contribution in [0.5, 0.6) is 5.75 Å². The Morgan fingerprint density at radius 2 is 1.72 bits per heavy atom. The number of rotatable bonds is 8. The molecular weight excluding hydrogens is 510 g/mol. The first-order chi connectivity index (χ1) is 18.9. The van der Waals surface area contributed by atoms with Gasteiger partial charge in [0.2, 0.25) is 0 Å². The van der Waals surface area contributed by atoms with E-state index in [4.69, 9.17) is 21.3 Å². The molecule has 0 spiro atoms. The number of carbonyl (C=O) groups is 1. The molecule has 1 heterocycles. The maximum absolute atomic E-state index is 13.7. The topological polar surface area (TPSA) is 73.2 Å². The Kier molecular flexibility index (Phi) is 7.75. The molecule has 5 rings (SSSR count). The summed E-state index contributed by atoms with van der Waals surface area (Å²) in [6, 6.07) is 28.0. The van der Waals surface area contributed by atoms with E-state index in [0.29, 0.717) is 40.1 Å². The summed E-state index contributed by atoms with van der Waals surface area (Å²) in [6.07, 6.45) is 1.55. The van der Waals surface area contributed by atoms with Crippen molar-refractivity contribution in [3.05, 3.63) is 123 Å². The molecule has 0 bridgehead atoms. The van der Waals surface area contributed by atoms with Crippen LogP contribution in [0.1, 0.15) is 35.1 Å². The molecule has 6 nitrogen and oxygen atoms in total. The highest BCUT2D eigenvalue weighted by Crippen LogP contribution is 2.25. The number of nitrogens with zero attached hydrogens (tertiary/aromatic N) is 2. The lowest BCUT2D eigenvalue weighted by atomic mass is 10.0. The molecule has 0 atom stereocenters. The zero-order valence-corrected chi connectivity index (χ0v) is 22.5. The summed E-state index contributed by atoms with van der Waals surface area (Å²) in [5.74, 6) is 1.26. The predicted octanol–water partition coefficient (Wildman–Crippen LogP) is 6.98.